The van der Waals surface area contributed by atoms with Crippen molar-refractivity contribution in [1.29, 1.82) is 0 Å². The number of carbonyl (C=O) groups is 4. The Hall–Kier alpha value is -2.71. The van der Waals surface area contributed by atoms with Crippen LogP contribution in [0.1, 0.15) is 47.0 Å². The van der Waals surface area contributed by atoms with Crippen LogP contribution < -0.4 is 0 Å². The first-order chi connectivity index (χ1) is 14.8. The molecule has 31 heavy (non-hydrogen) atoms. The average molecular weight is 457 g/mol. The van der Waals surface area contributed by atoms with Crippen LogP contribution in [0.3, 0.4) is 0 Å². The van der Waals surface area contributed by atoms with Gasteiger partial charge in [0.1, 0.15) is 0 Å². The minimum absolute atomic E-state index is 0.0220. The fourth-order valence-corrected chi connectivity index (χ4v) is 2.46. The number of hydrogen-bond acceptors (Lipinski definition) is 8. The summed E-state index contributed by atoms with van der Waals surface area (Å²) in [5.41, 5.74) is -1.78. The van der Waals surface area contributed by atoms with Gasteiger partial charge in [0.25, 0.3) is 0 Å². The molecule has 0 fully saturated rings. The highest BCUT2D eigenvalue weighted by molar-refractivity contribution is 6.19. The molecule has 8 nitrogen and oxygen atoms in total. The van der Waals surface area contributed by atoms with E-state index in [2.05, 4.69) is 23.7 Å². The maximum Gasteiger partial charge on any atom is 0.325 e. The minimum Gasteiger partial charge on any atom is -0.465 e. The lowest BCUT2D eigenvalue weighted by Gasteiger charge is -2.25. The van der Waals surface area contributed by atoms with Gasteiger partial charge in [-0.15, -0.1) is 29.4 Å². The number of halogens is 1. The van der Waals surface area contributed by atoms with Gasteiger partial charge < -0.3 is 18.9 Å². The summed E-state index contributed by atoms with van der Waals surface area (Å²) in [6, 6.07) is 0. The van der Waals surface area contributed by atoms with Gasteiger partial charge in [0.05, 0.1) is 32.3 Å². The molecule has 0 saturated carbocycles. The summed E-state index contributed by atoms with van der Waals surface area (Å²) in [4.78, 5) is 49.4. The van der Waals surface area contributed by atoms with Crippen molar-refractivity contribution in [1.82, 2.24) is 0 Å². The molecule has 0 heterocycles. The van der Waals surface area contributed by atoms with Crippen molar-refractivity contribution in [2.24, 2.45) is 11.3 Å². The van der Waals surface area contributed by atoms with E-state index in [4.69, 9.17) is 30.5 Å². The third-order valence-electron chi connectivity index (χ3n) is 3.88. The zero-order valence-electron chi connectivity index (χ0n) is 18.4. The molecule has 172 valence electrons. The van der Waals surface area contributed by atoms with E-state index in [0.717, 1.165) is 0 Å². The second-order valence-corrected chi connectivity index (χ2v) is 6.25. The summed E-state index contributed by atoms with van der Waals surface area (Å²) in [6.45, 7) is 6.71. The van der Waals surface area contributed by atoms with Gasteiger partial charge in [-0.3, -0.25) is 19.2 Å². The summed E-state index contributed by atoms with van der Waals surface area (Å²) < 4.78 is 19.9. The summed E-state index contributed by atoms with van der Waals surface area (Å²) in [5.74, 6) is 6.25. The van der Waals surface area contributed by atoms with Crippen LogP contribution >= 0.6 is 11.6 Å². The van der Waals surface area contributed by atoms with Crippen LogP contribution in [0, 0.1) is 35.0 Å². The first-order valence-electron chi connectivity index (χ1n) is 9.99. The fourth-order valence-electron chi connectivity index (χ4n) is 2.37. The summed E-state index contributed by atoms with van der Waals surface area (Å²) in [6.07, 6.45) is -0.683. The van der Waals surface area contributed by atoms with Gasteiger partial charge in [0, 0.05) is 19.3 Å². The standard InChI is InChI=1S/C22H29ClO8/c1-5-28-18(24)17(19(25)29-6-2)13-9-10-14-22(15-11-12-16-23,20(26)30-7-3)21(27)31-8-4/h17H,5-8,13-16H2,1-4H3. The highest BCUT2D eigenvalue weighted by atomic mass is 35.5. The summed E-state index contributed by atoms with van der Waals surface area (Å²) in [5, 5.41) is 0. The fraction of sp³-hybridized carbons (Fsp3) is 0.636. The molecule has 0 aromatic carbocycles. The Labute approximate surface area is 188 Å². The van der Waals surface area contributed by atoms with Crippen molar-refractivity contribution in [3.63, 3.8) is 0 Å². The van der Waals surface area contributed by atoms with Crippen LogP contribution in [-0.4, -0.2) is 56.2 Å². The van der Waals surface area contributed by atoms with Crippen molar-refractivity contribution < 1.29 is 38.1 Å². The third-order valence-corrected chi connectivity index (χ3v) is 4.01. The van der Waals surface area contributed by atoms with Gasteiger partial charge in [-0.25, -0.2) is 0 Å². The van der Waals surface area contributed by atoms with Crippen LogP contribution in [0.5, 0.6) is 0 Å². The molecule has 0 aliphatic carbocycles. The molecule has 0 aromatic heterocycles. The maximum atomic E-state index is 12.7. The highest BCUT2D eigenvalue weighted by Crippen LogP contribution is 2.30. The normalized spacial score (nSPS) is 10.1. The SMILES string of the molecule is CCOC(=O)C(CC#CCC(CC#CCCl)(C(=O)OCC)C(=O)OCC)C(=O)OCC. The molecule has 0 bridgehead atoms. The lowest BCUT2D eigenvalue weighted by molar-refractivity contribution is -0.171. The zero-order chi connectivity index (χ0) is 23.7. The molecule has 0 aromatic rings. The second kappa shape index (κ2) is 16.0. The Morgan fingerprint density at radius 3 is 1.52 bits per heavy atom. The Balaban J connectivity index is 5.81. The molecular weight excluding hydrogens is 428 g/mol. The van der Waals surface area contributed by atoms with Crippen molar-refractivity contribution in [3.05, 3.63) is 0 Å². The van der Waals surface area contributed by atoms with E-state index < -0.39 is 35.2 Å². The van der Waals surface area contributed by atoms with Crippen LogP contribution in [0.15, 0.2) is 0 Å². The lowest BCUT2D eigenvalue weighted by Crippen LogP contribution is -2.41. The monoisotopic (exact) mass is 456 g/mol. The average Bonchev–Trinajstić information content (AvgIpc) is 2.73. The van der Waals surface area contributed by atoms with Crippen molar-refractivity contribution in [2.45, 2.75) is 47.0 Å². The topological polar surface area (TPSA) is 105 Å². The largest absolute Gasteiger partial charge is 0.465 e. The van der Waals surface area contributed by atoms with Crippen molar-refractivity contribution >= 4 is 35.5 Å². The van der Waals surface area contributed by atoms with Crippen LogP contribution in [0.2, 0.25) is 0 Å². The number of rotatable bonds is 11. The predicted octanol–water partition coefficient (Wildman–Crippen LogP) is 2.26. The molecule has 0 radical (unpaired) electrons. The van der Waals surface area contributed by atoms with Gasteiger partial charge in [0.2, 0.25) is 0 Å². The molecule has 0 saturated heterocycles. The molecule has 0 N–H and O–H groups in total. The smallest absolute Gasteiger partial charge is 0.325 e. The Morgan fingerprint density at radius 1 is 0.710 bits per heavy atom. The lowest BCUT2D eigenvalue weighted by atomic mass is 9.81. The van der Waals surface area contributed by atoms with E-state index in [0.29, 0.717) is 0 Å². The number of ether oxygens (including phenoxy) is 4. The third kappa shape index (κ3) is 9.31. The van der Waals surface area contributed by atoms with Crippen LogP contribution in [0.25, 0.3) is 0 Å². The van der Waals surface area contributed by atoms with Gasteiger partial charge in [-0.2, -0.15) is 0 Å². The number of hydrogen-bond donors (Lipinski definition) is 0. The molecule has 9 heteroatoms. The Bertz CT molecular complexity index is 702. The first-order valence-corrected chi connectivity index (χ1v) is 10.5. The Kier molecular flexibility index (Phi) is 14.6. The molecule has 0 amide bonds. The van der Waals surface area contributed by atoms with E-state index in [-0.39, 0.29) is 51.6 Å². The van der Waals surface area contributed by atoms with Gasteiger partial charge in [-0.05, 0) is 27.7 Å². The zero-order valence-corrected chi connectivity index (χ0v) is 19.1. The van der Waals surface area contributed by atoms with Crippen LogP contribution in [-0.2, 0) is 38.1 Å². The summed E-state index contributed by atoms with van der Waals surface area (Å²) in [7, 11) is 0. The summed E-state index contributed by atoms with van der Waals surface area (Å²) >= 11 is 5.56. The molecule has 0 unspecified atom stereocenters. The number of carbonyl (C=O) groups excluding carboxylic acids is 4. The van der Waals surface area contributed by atoms with Gasteiger partial charge in [-0.1, -0.05) is 5.92 Å². The molecule has 0 aliphatic rings. The maximum absolute atomic E-state index is 12.7. The van der Waals surface area contributed by atoms with E-state index in [9.17, 15) is 19.2 Å². The molecule has 0 aliphatic heterocycles. The van der Waals surface area contributed by atoms with E-state index >= 15 is 0 Å². The quantitative estimate of drug-likeness (QED) is 0.153. The van der Waals surface area contributed by atoms with Crippen molar-refractivity contribution in [3.8, 4) is 23.7 Å². The molecule has 0 atom stereocenters. The van der Waals surface area contributed by atoms with E-state index in [1.54, 1.807) is 27.7 Å². The van der Waals surface area contributed by atoms with Gasteiger partial charge >= 0.3 is 23.9 Å². The van der Waals surface area contributed by atoms with E-state index in [1.165, 1.54) is 0 Å². The second-order valence-electron chi connectivity index (χ2n) is 5.98. The van der Waals surface area contributed by atoms with Crippen LogP contribution in [0.4, 0.5) is 0 Å². The number of alkyl halides is 1. The number of esters is 4. The minimum atomic E-state index is -1.78. The Morgan fingerprint density at radius 2 is 1.13 bits per heavy atom. The molecule has 0 spiro atoms. The molecule has 0 rings (SSSR count). The highest BCUT2D eigenvalue weighted by Gasteiger charge is 2.48. The molecular formula is C22H29ClO8. The predicted molar refractivity (Wildman–Crippen MR) is 113 cm³/mol. The van der Waals surface area contributed by atoms with E-state index in [1.807, 2.05) is 0 Å². The first kappa shape index (κ1) is 28.3. The van der Waals surface area contributed by atoms with Crippen molar-refractivity contribution in [2.75, 3.05) is 32.3 Å². The van der Waals surface area contributed by atoms with Gasteiger partial charge in [0.15, 0.2) is 11.3 Å².